The topological polar surface area (TPSA) is 49.4 Å². The van der Waals surface area contributed by atoms with Gasteiger partial charge < -0.3 is 10.2 Å². The van der Waals surface area contributed by atoms with Crippen molar-refractivity contribution < 1.29 is 8.42 Å². The zero-order chi connectivity index (χ0) is 15.3. The molecule has 0 heterocycles. The van der Waals surface area contributed by atoms with E-state index in [4.69, 9.17) is 0 Å². The van der Waals surface area contributed by atoms with Crippen LogP contribution in [0.25, 0.3) is 0 Å². The minimum absolute atomic E-state index is 0.201. The lowest BCUT2D eigenvalue weighted by molar-refractivity contribution is 0.311. The summed E-state index contributed by atoms with van der Waals surface area (Å²) in [4.78, 5) is 2.06. The maximum atomic E-state index is 11.2. The van der Waals surface area contributed by atoms with Gasteiger partial charge in [-0.1, -0.05) is 29.3 Å². The Morgan fingerprint density at radius 2 is 1.75 bits per heavy atom. The molecule has 0 bridgehead atoms. The van der Waals surface area contributed by atoms with Gasteiger partial charge in [-0.15, -0.1) is 0 Å². The van der Waals surface area contributed by atoms with Crippen LogP contribution in [0.5, 0.6) is 0 Å². The molecular formula is C15H26N2O2S. The fraction of sp³-hybridized carbons (Fsp3) is 0.600. The molecular weight excluding hydrogens is 272 g/mol. The van der Waals surface area contributed by atoms with Gasteiger partial charge in [-0.2, -0.15) is 0 Å². The van der Waals surface area contributed by atoms with E-state index in [1.165, 1.54) is 22.9 Å². The molecule has 0 fully saturated rings. The smallest absolute Gasteiger partial charge is 0.148 e. The summed E-state index contributed by atoms with van der Waals surface area (Å²) in [5.41, 5.74) is 3.74. The fourth-order valence-corrected chi connectivity index (χ4v) is 2.94. The minimum Gasteiger partial charge on any atom is -0.312 e. The molecule has 5 heteroatoms. The number of likely N-dealkylation sites (N-methyl/N-ethyl adjacent to an activating group) is 2. The van der Waals surface area contributed by atoms with E-state index in [0.29, 0.717) is 6.54 Å². The van der Waals surface area contributed by atoms with Gasteiger partial charge >= 0.3 is 0 Å². The van der Waals surface area contributed by atoms with E-state index in [1.807, 2.05) is 14.1 Å². The lowest BCUT2D eigenvalue weighted by Crippen LogP contribution is -2.34. The minimum atomic E-state index is -2.90. The molecule has 1 aromatic rings. The fourth-order valence-electron chi connectivity index (χ4n) is 2.30. The van der Waals surface area contributed by atoms with Crippen molar-refractivity contribution in [2.24, 2.45) is 0 Å². The average molecular weight is 298 g/mol. The zero-order valence-corrected chi connectivity index (χ0v) is 13.9. The lowest BCUT2D eigenvalue weighted by Gasteiger charge is -2.24. The highest BCUT2D eigenvalue weighted by molar-refractivity contribution is 7.90. The summed E-state index contributed by atoms with van der Waals surface area (Å²) in [6.45, 7) is 5.53. The standard InChI is InChI=1S/C15H26N2O2S/c1-12-8-13(2)10-14(9-12)15(16-3)11-17(4)6-7-20(5,18)19/h8-10,15-16H,6-7,11H2,1-5H3. The largest absolute Gasteiger partial charge is 0.312 e. The van der Waals surface area contributed by atoms with Gasteiger partial charge in [0.25, 0.3) is 0 Å². The molecule has 20 heavy (non-hydrogen) atoms. The van der Waals surface area contributed by atoms with Gasteiger partial charge in [0.05, 0.1) is 5.75 Å². The number of sulfone groups is 1. The molecule has 0 aliphatic rings. The number of rotatable bonds is 7. The van der Waals surface area contributed by atoms with E-state index in [0.717, 1.165) is 6.54 Å². The summed E-state index contributed by atoms with van der Waals surface area (Å²) < 4.78 is 22.4. The van der Waals surface area contributed by atoms with Crippen molar-refractivity contribution in [2.75, 3.05) is 39.2 Å². The van der Waals surface area contributed by atoms with Crippen LogP contribution in [0.15, 0.2) is 18.2 Å². The van der Waals surface area contributed by atoms with Crippen LogP contribution in [-0.4, -0.2) is 52.5 Å². The van der Waals surface area contributed by atoms with Crippen molar-refractivity contribution in [3.8, 4) is 0 Å². The average Bonchev–Trinajstić information content (AvgIpc) is 2.31. The third-order valence-electron chi connectivity index (χ3n) is 3.33. The normalized spacial score (nSPS) is 13.7. The molecule has 1 unspecified atom stereocenters. The highest BCUT2D eigenvalue weighted by Crippen LogP contribution is 2.17. The molecule has 4 nitrogen and oxygen atoms in total. The van der Waals surface area contributed by atoms with Crippen molar-refractivity contribution >= 4 is 9.84 Å². The van der Waals surface area contributed by atoms with Gasteiger partial charge in [0, 0.05) is 25.4 Å². The van der Waals surface area contributed by atoms with E-state index < -0.39 is 9.84 Å². The second kappa shape index (κ2) is 7.20. The summed E-state index contributed by atoms with van der Waals surface area (Å²) in [5, 5.41) is 3.31. The SMILES string of the molecule is CNC(CN(C)CCS(C)(=O)=O)c1cc(C)cc(C)c1. The van der Waals surface area contributed by atoms with E-state index in [2.05, 4.69) is 42.3 Å². The first-order valence-electron chi connectivity index (χ1n) is 6.83. The van der Waals surface area contributed by atoms with E-state index >= 15 is 0 Å². The Kier molecular flexibility index (Phi) is 6.17. The van der Waals surface area contributed by atoms with Gasteiger partial charge in [0.2, 0.25) is 0 Å². The lowest BCUT2D eigenvalue weighted by atomic mass is 10.0. The Balaban J connectivity index is 2.71. The molecule has 1 N–H and O–H groups in total. The first kappa shape index (κ1) is 17.1. The van der Waals surface area contributed by atoms with Crippen molar-refractivity contribution in [3.05, 3.63) is 34.9 Å². The first-order chi connectivity index (χ1) is 9.21. The number of nitrogens with one attached hydrogen (secondary N) is 1. The quantitative estimate of drug-likeness (QED) is 0.829. The molecule has 1 atom stereocenters. The Morgan fingerprint density at radius 1 is 1.20 bits per heavy atom. The first-order valence-corrected chi connectivity index (χ1v) is 8.89. The molecule has 0 amide bonds. The molecule has 0 aromatic heterocycles. The number of benzene rings is 1. The molecule has 0 aliphatic carbocycles. The number of hydrogen-bond acceptors (Lipinski definition) is 4. The van der Waals surface area contributed by atoms with Crippen LogP contribution >= 0.6 is 0 Å². The summed E-state index contributed by atoms with van der Waals surface area (Å²) in [5.74, 6) is 0.201. The monoisotopic (exact) mass is 298 g/mol. The van der Waals surface area contributed by atoms with E-state index in [1.54, 1.807) is 0 Å². The Labute approximate surface area is 123 Å². The van der Waals surface area contributed by atoms with E-state index in [-0.39, 0.29) is 11.8 Å². The third-order valence-corrected chi connectivity index (χ3v) is 4.26. The summed E-state index contributed by atoms with van der Waals surface area (Å²) in [6.07, 6.45) is 1.28. The zero-order valence-electron chi connectivity index (χ0n) is 13.1. The van der Waals surface area contributed by atoms with Crippen molar-refractivity contribution in [3.63, 3.8) is 0 Å². The second-order valence-corrected chi connectivity index (χ2v) is 7.91. The highest BCUT2D eigenvalue weighted by atomic mass is 32.2. The van der Waals surface area contributed by atoms with Crippen LogP contribution < -0.4 is 5.32 Å². The van der Waals surface area contributed by atoms with Gasteiger partial charge in [-0.3, -0.25) is 0 Å². The molecule has 0 spiro atoms. The van der Waals surface area contributed by atoms with Crippen molar-refractivity contribution in [1.29, 1.82) is 0 Å². The molecule has 0 radical (unpaired) electrons. The van der Waals surface area contributed by atoms with Crippen LogP contribution in [0.2, 0.25) is 0 Å². The predicted octanol–water partition coefficient (Wildman–Crippen LogP) is 1.54. The van der Waals surface area contributed by atoms with Gasteiger partial charge in [0.15, 0.2) is 0 Å². The van der Waals surface area contributed by atoms with Crippen LogP contribution in [-0.2, 0) is 9.84 Å². The summed E-state index contributed by atoms with van der Waals surface area (Å²) >= 11 is 0. The summed E-state index contributed by atoms with van der Waals surface area (Å²) in [6, 6.07) is 6.72. The maximum Gasteiger partial charge on any atom is 0.148 e. The Bertz CT molecular complexity index is 521. The number of aryl methyl sites for hydroxylation is 2. The number of nitrogens with zero attached hydrogens (tertiary/aromatic N) is 1. The van der Waals surface area contributed by atoms with Gasteiger partial charge in [-0.05, 0) is 33.5 Å². The second-order valence-electron chi connectivity index (χ2n) is 5.65. The Morgan fingerprint density at radius 3 is 2.20 bits per heavy atom. The van der Waals surface area contributed by atoms with Crippen LogP contribution in [0.3, 0.4) is 0 Å². The van der Waals surface area contributed by atoms with Crippen LogP contribution in [0.4, 0.5) is 0 Å². The van der Waals surface area contributed by atoms with Gasteiger partial charge in [-0.25, -0.2) is 8.42 Å². The van der Waals surface area contributed by atoms with Crippen molar-refractivity contribution in [2.45, 2.75) is 19.9 Å². The predicted molar refractivity (Wildman–Crippen MR) is 84.9 cm³/mol. The molecule has 1 aromatic carbocycles. The van der Waals surface area contributed by atoms with Gasteiger partial charge in [0.1, 0.15) is 9.84 Å². The van der Waals surface area contributed by atoms with E-state index in [9.17, 15) is 8.42 Å². The van der Waals surface area contributed by atoms with Crippen molar-refractivity contribution in [1.82, 2.24) is 10.2 Å². The number of hydrogen-bond donors (Lipinski definition) is 1. The summed E-state index contributed by atoms with van der Waals surface area (Å²) in [7, 11) is 0.992. The molecule has 1 rings (SSSR count). The Hall–Kier alpha value is -0.910. The molecule has 0 aliphatic heterocycles. The van der Waals surface area contributed by atoms with Crippen LogP contribution in [0.1, 0.15) is 22.7 Å². The third kappa shape index (κ3) is 6.03. The maximum absolute atomic E-state index is 11.2. The van der Waals surface area contributed by atoms with Crippen LogP contribution in [0, 0.1) is 13.8 Å². The molecule has 0 saturated carbocycles. The molecule has 0 saturated heterocycles. The molecule has 114 valence electrons. The highest BCUT2D eigenvalue weighted by Gasteiger charge is 2.14.